The van der Waals surface area contributed by atoms with Crippen molar-refractivity contribution in [2.45, 2.75) is 32.8 Å². The number of rotatable bonds is 3. The summed E-state index contributed by atoms with van der Waals surface area (Å²) in [6.45, 7) is 8.05. The van der Waals surface area contributed by atoms with Gasteiger partial charge in [0.15, 0.2) is 5.78 Å². The van der Waals surface area contributed by atoms with Crippen molar-refractivity contribution in [1.29, 1.82) is 0 Å². The van der Waals surface area contributed by atoms with E-state index in [0.29, 0.717) is 6.61 Å². The van der Waals surface area contributed by atoms with Crippen molar-refractivity contribution in [2.75, 3.05) is 6.61 Å². The van der Waals surface area contributed by atoms with Crippen LogP contribution >= 0.6 is 0 Å². The van der Waals surface area contributed by atoms with Gasteiger partial charge in [-0.25, -0.2) is 0 Å². The molecule has 1 rings (SSSR count). The third-order valence-corrected chi connectivity index (χ3v) is 2.24. The van der Waals surface area contributed by atoms with E-state index in [1.165, 1.54) is 0 Å². The van der Waals surface area contributed by atoms with Crippen LogP contribution in [0, 0.1) is 5.41 Å². The minimum absolute atomic E-state index is 0.182. The van der Waals surface area contributed by atoms with Crippen molar-refractivity contribution in [2.24, 2.45) is 5.41 Å². The molecule has 0 radical (unpaired) electrons. The van der Waals surface area contributed by atoms with E-state index in [4.69, 9.17) is 4.74 Å². The zero-order valence-corrected chi connectivity index (χ0v) is 7.80. The van der Waals surface area contributed by atoms with Crippen molar-refractivity contribution in [3.05, 3.63) is 12.7 Å². The van der Waals surface area contributed by atoms with Gasteiger partial charge in [-0.2, -0.15) is 0 Å². The fourth-order valence-electron chi connectivity index (χ4n) is 1.38. The second-order valence-electron chi connectivity index (χ2n) is 3.91. The lowest BCUT2D eigenvalue weighted by Crippen LogP contribution is -2.26. The van der Waals surface area contributed by atoms with E-state index in [0.717, 1.165) is 12.8 Å². The van der Waals surface area contributed by atoms with Crippen LogP contribution in [0.15, 0.2) is 12.7 Å². The van der Waals surface area contributed by atoms with Crippen LogP contribution in [0.25, 0.3) is 0 Å². The van der Waals surface area contributed by atoms with Gasteiger partial charge in [-0.3, -0.25) is 4.79 Å². The molecule has 0 unspecified atom stereocenters. The molecule has 0 aromatic rings. The smallest absolute Gasteiger partial charge is 0.169 e. The maximum absolute atomic E-state index is 11.6. The monoisotopic (exact) mass is 168 g/mol. The van der Waals surface area contributed by atoms with Crippen LogP contribution in [0.1, 0.15) is 26.7 Å². The lowest BCUT2D eigenvalue weighted by Gasteiger charge is -2.11. The highest BCUT2D eigenvalue weighted by molar-refractivity contribution is 5.89. The maximum atomic E-state index is 11.6. The molecule has 0 spiro atoms. The van der Waals surface area contributed by atoms with Crippen LogP contribution < -0.4 is 0 Å². The van der Waals surface area contributed by atoms with Crippen LogP contribution in [0.3, 0.4) is 0 Å². The Morgan fingerprint density at radius 1 is 1.75 bits per heavy atom. The van der Waals surface area contributed by atoms with Crippen molar-refractivity contribution in [3.8, 4) is 0 Å². The van der Waals surface area contributed by atoms with E-state index in [1.54, 1.807) is 0 Å². The molecule has 1 atom stereocenters. The molecule has 12 heavy (non-hydrogen) atoms. The molecule has 0 amide bonds. The van der Waals surface area contributed by atoms with E-state index in [-0.39, 0.29) is 17.3 Å². The zero-order valence-electron chi connectivity index (χ0n) is 7.80. The molecular formula is C10H16O2. The van der Waals surface area contributed by atoms with Crippen molar-refractivity contribution < 1.29 is 9.53 Å². The summed E-state index contributed by atoms with van der Waals surface area (Å²) in [4.78, 5) is 11.6. The predicted octanol–water partition coefficient (Wildman–Crippen LogP) is 1.95. The van der Waals surface area contributed by atoms with Gasteiger partial charge < -0.3 is 4.74 Å². The SMILES string of the molecule is C=CCC[C@H]1OCC(C)(C)C1=O. The molecule has 0 aliphatic carbocycles. The Morgan fingerprint density at radius 3 is 2.83 bits per heavy atom. The summed E-state index contributed by atoms with van der Waals surface area (Å²) >= 11 is 0. The molecule has 0 bridgehead atoms. The summed E-state index contributed by atoms with van der Waals surface area (Å²) in [5.74, 6) is 0.240. The van der Waals surface area contributed by atoms with Crippen LogP contribution in [-0.2, 0) is 9.53 Å². The topological polar surface area (TPSA) is 26.3 Å². The largest absolute Gasteiger partial charge is 0.369 e. The summed E-state index contributed by atoms with van der Waals surface area (Å²) < 4.78 is 5.39. The Kier molecular flexibility index (Phi) is 2.68. The Labute approximate surface area is 73.6 Å². The molecule has 1 heterocycles. The third-order valence-electron chi connectivity index (χ3n) is 2.24. The Morgan fingerprint density at radius 2 is 2.42 bits per heavy atom. The number of ketones is 1. The Balaban J connectivity index is 2.50. The molecule has 1 aliphatic rings. The lowest BCUT2D eigenvalue weighted by atomic mass is 9.88. The van der Waals surface area contributed by atoms with E-state index in [2.05, 4.69) is 6.58 Å². The van der Waals surface area contributed by atoms with Gasteiger partial charge in [-0.05, 0) is 12.8 Å². The van der Waals surface area contributed by atoms with Crippen LogP contribution in [-0.4, -0.2) is 18.5 Å². The molecule has 0 aromatic carbocycles. The average Bonchev–Trinajstić information content (AvgIpc) is 2.26. The second kappa shape index (κ2) is 3.40. The number of hydrogen-bond donors (Lipinski definition) is 0. The van der Waals surface area contributed by atoms with Gasteiger partial charge in [0.25, 0.3) is 0 Å². The fourth-order valence-corrected chi connectivity index (χ4v) is 1.38. The van der Waals surface area contributed by atoms with E-state index in [1.807, 2.05) is 19.9 Å². The van der Waals surface area contributed by atoms with Gasteiger partial charge in [0.05, 0.1) is 6.61 Å². The van der Waals surface area contributed by atoms with Crippen LogP contribution in [0.4, 0.5) is 0 Å². The maximum Gasteiger partial charge on any atom is 0.169 e. The number of carbonyl (C=O) groups excluding carboxylic acids is 1. The van der Waals surface area contributed by atoms with Crippen molar-refractivity contribution >= 4 is 5.78 Å². The Hall–Kier alpha value is -0.630. The van der Waals surface area contributed by atoms with E-state index in [9.17, 15) is 4.79 Å². The number of allylic oxidation sites excluding steroid dienone is 1. The first-order chi connectivity index (χ1) is 5.58. The van der Waals surface area contributed by atoms with E-state index < -0.39 is 0 Å². The molecule has 1 aliphatic heterocycles. The van der Waals surface area contributed by atoms with E-state index >= 15 is 0 Å². The number of ether oxygens (including phenoxy) is 1. The molecule has 0 saturated carbocycles. The standard InChI is InChI=1S/C10H16O2/c1-4-5-6-8-9(11)10(2,3)7-12-8/h4,8H,1,5-7H2,2-3H3/t8-/m1/s1. The van der Waals surface area contributed by atoms with Crippen molar-refractivity contribution in [3.63, 3.8) is 0 Å². The normalized spacial score (nSPS) is 27.5. The first kappa shape index (κ1) is 9.46. The molecule has 2 heteroatoms. The Bertz CT molecular complexity index is 194. The van der Waals surface area contributed by atoms with Crippen LogP contribution in [0.5, 0.6) is 0 Å². The van der Waals surface area contributed by atoms with Gasteiger partial charge in [-0.15, -0.1) is 6.58 Å². The predicted molar refractivity (Wildman–Crippen MR) is 48.0 cm³/mol. The van der Waals surface area contributed by atoms with Gasteiger partial charge in [0, 0.05) is 5.41 Å². The second-order valence-corrected chi connectivity index (χ2v) is 3.91. The first-order valence-electron chi connectivity index (χ1n) is 4.35. The molecule has 68 valence electrons. The van der Waals surface area contributed by atoms with Crippen molar-refractivity contribution in [1.82, 2.24) is 0 Å². The third kappa shape index (κ3) is 1.75. The molecule has 1 fully saturated rings. The fraction of sp³-hybridized carbons (Fsp3) is 0.700. The van der Waals surface area contributed by atoms with Gasteiger partial charge >= 0.3 is 0 Å². The molecule has 0 aromatic heterocycles. The van der Waals surface area contributed by atoms with Gasteiger partial charge in [0.2, 0.25) is 0 Å². The van der Waals surface area contributed by atoms with Gasteiger partial charge in [-0.1, -0.05) is 19.9 Å². The van der Waals surface area contributed by atoms with Gasteiger partial charge in [0.1, 0.15) is 6.10 Å². The summed E-state index contributed by atoms with van der Waals surface area (Å²) in [6.07, 6.45) is 3.28. The average molecular weight is 168 g/mol. The first-order valence-corrected chi connectivity index (χ1v) is 4.35. The summed E-state index contributed by atoms with van der Waals surface area (Å²) in [5.41, 5.74) is -0.272. The quantitative estimate of drug-likeness (QED) is 0.602. The molecule has 0 N–H and O–H groups in total. The molecule has 2 nitrogen and oxygen atoms in total. The zero-order chi connectivity index (χ0) is 9.19. The highest BCUT2D eigenvalue weighted by Crippen LogP contribution is 2.29. The number of Topliss-reactive ketones (excluding diaryl/α,β-unsaturated/α-hetero) is 1. The van der Waals surface area contributed by atoms with Crippen LogP contribution in [0.2, 0.25) is 0 Å². The molecule has 1 saturated heterocycles. The highest BCUT2D eigenvalue weighted by Gasteiger charge is 2.40. The summed E-state index contributed by atoms with van der Waals surface area (Å²) in [6, 6.07) is 0. The molecular weight excluding hydrogens is 152 g/mol. The number of carbonyl (C=O) groups is 1. The lowest BCUT2D eigenvalue weighted by molar-refractivity contribution is -0.127. The minimum atomic E-state index is -0.272. The minimum Gasteiger partial charge on any atom is -0.369 e. The summed E-state index contributed by atoms with van der Waals surface area (Å²) in [5, 5.41) is 0. The summed E-state index contributed by atoms with van der Waals surface area (Å²) in [7, 11) is 0. The number of hydrogen-bond acceptors (Lipinski definition) is 2. The highest BCUT2D eigenvalue weighted by atomic mass is 16.5.